The Morgan fingerprint density at radius 1 is 1.42 bits per heavy atom. The lowest BCUT2D eigenvalue weighted by Gasteiger charge is -2.23. The molecule has 1 unspecified atom stereocenters. The van der Waals surface area contributed by atoms with Crippen molar-refractivity contribution < 1.29 is 0 Å². The van der Waals surface area contributed by atoms with Crippen molar-refractivity contribution in [3.63, 3.8) is 0 Å². The zero-order chi connectivity index (χ0) is 13.1. The van der Waals surface area contributed by atoms with E-state index in [4.69, 9.17) is 0 Å². The third-order valence-corrected chi connectivity index (χ3v) is 5.18. The second-order valence-corrected chi connectivity index (χ2v) is 6.67. The summed E-state index contributed by atoms with van der Waals surface area (Å²) in [6, 6.07) is 2.64. The number of hydrogen-bond acceptors (Lipinski definition) is 6. The number of hydrogen-bond donors (Lipinski definition) is 2. The van der Waals surface area contributed by atoms with Crippen molar-refractivity contribution in [3.05, 3.63) is 11.4 Å². The molecule has 2 N–H and O–H groups in total. The van der Waals surface area contributed by atoms with Gasteiger partial charge in [0.15, 0.2) is 0 Å². The Labute approximate surface area is 121 Å². The smallest absolute Gasteiger partial charge is 0.226 e. The maximum absolute atomic E-state index is 4.62. The Kier molecular flexibility index (Phi) is 4.08. The molecule has 6 heteroatoms. The topological polar surface area (TPSA) is 49.8 Å². The van der Waals surface area contributed by atoms with Crippen LogP contribution in [0.4, 0.5) is 11.8 Å². The zero-order valence-corrected chi connectivity index (χ0v) is 12.6. The number of nitrogens with one attached hydrogen (secondary N) is 2. The predicted molar refractivity (Wildman–Crippen MR) is 85.5 cm³/mol. The fourth-order valence-electron chi connectivity index (χ4n) is 2.25. The Bertz CT molecular complexity index is 549. The van der Waals surface area contributed by atoms with Gasteiger partial charge in [0.2, 0.25) is 5.95 Å². The molecule has 0 saturated carbocycles. The van der Waals surface area contributed by atoms with Crippen molar-refractivity contribution >= 4 is 45.1 Å². The maximum atomic E-state index is 4.62. The quantitative estimate of drug-likeness (QED) is 0.904. The van der Waals surface area contributed by atoms with Crippen molar-refractivity contribution in [1.29, 1.82) is 0 Å². The molecule has 1 saturated heterocycles. The van der Waals surface area contributed by atoms with E-state index in [-0.39, 0.29) is 0 Å². The van der Waals surface area contributed by atoms with Crippen molar-refractivity contribution in [2.24, 2.45) is 0 Å². The average Bonchev–Trinajstić information content (AvgIpc) is 2.89. The highest BCUT2D eigenvalue weighted by atomic mass is 32.2. The summed E-state index contributed by atoms with van der Waals surface area (Å²) in [6.45, 7) is 2.91. The van der Waals surface area contributed by atoms with E-state index < -0.39 is 0 Å². The number of nitrogens with zero attached hydrogens (tertiary/aromatic N) is 2. The maximum Gasteiger partial charge on any atom is 0.226 e. The molecule has 1 aliphatic rings. The van der Waals surface area contributed by atoms with Gasteiger partial charge in [-0.15, -0.1) is 11.3 Å². The van der Waals surface area contributed by atoms with Crippen LogP contribution in [-0.4, -0.2) is 34.1 Å². The van der Waals surface area contributed by atoms with Gasteiger partial charge in [-0.1, -0.05) is 0 Å². The van der Waals surface area contributed by atoms with Crippen LogP contribution in [0.3, 0.4) is 0 Å². The lowest BCUT2D eigenvalue weighted by molar-refractivity contribution is 0.683. The summed E-state index contributed by atoms with van der Waals surface area (Å²) in [5.41, 5.74) is 0. The largest absolute Gasteiger partial charge is 0.366 e. The number of thiophene rings is 1. The molecule has 19 heavy (non-hydrogen) atoms. The van der Waals surface area contributed by atoms with Crippen LogP contribution in [0.25, 0.3) is 10.2 Å². The summed E-state index contributed by atoms with van der Waals surface area (Å²) in [5, 5.41) is 10.0. The molecule has 0 aromatic carbocycles. The Morgan fingerprint density at radius 2 is 2.37 bits per heavy atom. The summed E-state index contributed by atoms with van der Waals surface area (Å²) < 4.78 is 0. The van der Waals surface area contributed by atoms with Gasteiger partial charge in [0.25, 0.3) is 0 Å². The molecule has 0 amide bonds. The van der Waals surface area contributed by atoms with Crippen LogP contribution in [0.2, 0.25) is 0 Å². The normalized spacial score (nSPS) is 19.5. The first-order chi connectivity index (χ1) is 9.36. The van der Waals surface area contributed by atoms with Gasteiger partial charge in [-0.3, -0.25) is 0 Å². The fourth-order valence-corrected chi connectivity index (χ4v) is 4.09. The predicted octanol–water partition coefficient (Wildman–Crippen LogP) is 3.43. The lowest BCUT2D eigenvalue weighted by Crippen LogP contribution is -2.26. The minimum absolute atomic E-state index is 0.534. The van der Waals surface area contributed by atoms with Gasteiger partial charge >= 0.3 is 0 Å². The van der Waals surface area contributed by atoms with E-state index in [1.54, 1.807) is 11.3 Å². The molecule has 0 bridgehead atoms. The summed E-state index contributed by atoms with van der Waals surface area (Å²) in [4.78, 5) is 10.2. The second kappa shape index (κ2) is 5.96. The SMILES string of the molecule is CCNc1nc(NC2CCCSC2)c2ccsc2n1. The molecule has 2 aromatic rings. The molecule has 3 heterocycles. The molecule has 0 spiro atoms. The summed E-state index contributed by atoms with van der Waals surface area (Å²) in [6.07, 6.45) is 2.53. The number of thioether (sulfide) groups is 1. The van der Waals surface area contributed by atoms with Crippen LogP contribution in [0.15, 0.2) is 11.4 Å². The van der Waals surface area contributed by atoms with Crippen molar-refractivity contribution in [1.82, 2.24) is 9.97 Å². The first-order valence-electron chi connectivity index (χ1n) is 6.70. The second-order valence-electron chi connectivity index (χ2n) is 4.62. The van der Waals surface area contributed by atoms with Crippen LogP contribution in [-0.2, 0) is 0 Å². The molecule has 1 fully saturated rings. The molecule has 3 rings (SSSR count). The van der Waals surface area contributed by atoms with Crippen molar-refractivity contribution in [2.75, 3.05) is 28.7 Å². The lowest BCUT2D eigenvalue weighted by atomic mass is 10.2. The minimum atomic E-state index is 0.534. The molecular formula is C13H18N4S2. The average molecular weight is 294 g/mol. The molecule has 102 valence electrons. The van der Waals surface area contributed by atoms with Crippen molar-refractivity contribution in [2.45, 2.75) is 25.8 Å². The molecule has 0 aliphatic carbocycles. The van der Waals surface area contributed by atoms with Crippen LogP contribution in [0.5, 0.6) is 0 Å². The first-order valence-corrected chi connectivity index (χ1v) is 8.73. The Hall–Kier alpha value is -1.01. The highest BCUT2D eigenvalue weighted by Crippen LogP contribution is 2.28. The monoisotopic (exact) mass is 294 g/mol. The van der Waals surface area contributed by atoms with Crippen molar-refractivity contribution in [3.8, 4) is 0 Å². The fraction of sp³-hybridized carbons (Fsp3) is 0.538. The molecule has 0 radical (unpaired) electrons. The third kappa shape index (κ3) is 2.95. The summed E-state index contributed by atoms with van der Waals surface area (Å²) in [7, 11) is 0. The van der Waals surface area contributed by atoms with Crippen LogP contribution < -0.4 is 10.6 Å². The van der Waals surface area contributed by atoms with E-state index in [9.17, 15) is 0 Å². The molecule has 1 aliphatic heterocycles. The summed E-state index contributed by atoms with van der Waals surface area (Å²) in [5.74, 6) is 4.17. The summed E-state index contributed by atoms with van der Waals surface area (Å²) >= 11 is 3.69. The van der Waals surface area contributed by atoms with Gasteiger partial charge in [-0.05, 0) is 37.0 Å². The van der Waals surface area contributed by atoms with Crippen LogP contribution >= 0.6 is 23.1 Å². The van der Waals surface area contributed by atoms with Gasteiger partial charge in [0.1, 0.15) is 10.6 Å². The number of fused-ring (bicyclic) bond motifs is 1. The van der Waals surface area contributed by atoms with Crippen LogP contribution in [0.1, 0.15) is 19.8 Å². The van der Waals surface area contributed by atoms with Crippen LogP contribution in [0, 0.1) is 0 Å². The third-order valence-electron chi connectivity index (χ3n) is 3.16. The van der Waals surface area contributed by atoms with Gasteiger partial charge < -0.3 is 10.6 Å². The number of rotatable bonds is 4. The highest BCUT2D eigenvalue weighted by Gasteiger charge is 2.16. The van der Waals surface area contributed by atoms with E-state index in [0.29, 0.717) is 6.04 Å². The standard InChI is InChI=1S/C13H18N4S2/c1-2-14-13-16-11(10-5-7-19-12(10)17-13)15-9-4-3-6-18-8-9/h5,7,9H,2-4,6,8H2,1H3,(H2,14,15,16,17). The number of anilines is 2. The first kappa shape index (κ1) is 13.0. The Balaban J connectivity index is 1.88. The highest BCUT2D eigenvalue weighted by molar-refractivity contribution is 7.99. The molecule has 2 aromatic heterocycles. The van der Waals surface area contributed by atoms with Gasteiger partial charge in [0.05, 0.1) is 5.39 Å². The van der Waals surface area contributed by atoms with E-state index in [1.807, 2.05) is 11.8 Å². The van der Waals surface area contributed by atoms with Gasteiger partial charge in [-0.25, -0.2) is 4.98 Å². The Morgan fingerprint density at radius 3 is 3.16 bits per heavy atom. The molecular weight excluding hydrogens is 276 g/mol. The number of aromatic nitrogens is 2. The van der Waals surface area contributed by atoms with E-state index >= 15 is 0 Å². The zero-order valence-electron chi connectivity index (χ0n) is 11.0. The van der Waals surface area contributed by atoms with E-state index in [2.05, 4.69) is 39.0 Å². The van der Waals surface area contributed by atoms with E-state index in [0.717, 1.165) is 28.5 Å². The van der Waals surface area contributed by atoms with Gasteiger partial charge in [0, 0.05) is 18.3 Å². The molecule has 4 nitrogen and oxygen atoms in total. The minimum Gasteiger partial charge on any atom is -0.366 e. The van der Waals surface area contributed by atoms with Gasteiger partial charge in [-0.2, -0.15) is 16.7 Å². The molecule has 1 atom stereocenters. The van der Waals surface area contributed by atoms with E-state index in [1.165, 1.54) is 24.3 Å².